The standard InChI is InChI=1S/C13H11N3O6S3/c1-24(18,19)10-11(16-7-8-23-12(16)14-10)25(20,21)15-13(17)22-9-5-3-2-4-6-9/h2-8H,1H3,(H,15,17). The van der Waals surface area contributed by atoms with Crippen LogP contribution in [0.2, 0.25) is 0 Å². The van der Waals surface area contributed by atoms with E-state index in [4.69, 9.17) is 4.74 Å². The molecule has 0 saturated heterocycles. The summed E-state index contributed by atoms with van der Waals surface area (Å²) in [5, 5.41) is 0.256. The molecule has 25 heavy (non-hydrogen) atoms. The van der Waals surface area contributed by atoms with Gasteiger partial charge in [0, 0.05) is 17.8 Å². The van der Waals surface area contributed by atoms with Crippen molar-refractivity contribution in [2.24, 2.45) is 0 Å². The minimum absolute atomic E-state index is 0.132. The smallest absolute Gasteiger partial charge is 0.410 e. The number of thiazole rings is 1. The first-order valence-corrected chi connectivity index (χ1v) is 10.9. The lowest BCUT2D eigenvalue weighted by molar-refractivity contribution is 0.206. The minimum atomic E-state index is -4.54. The summed E-state index contributed by atoms with van der Waals surface area (Å²) in [6.07, 6.45) is 0.912. The summed E-state index contributed by atoms with van der Waals surface area (Å²) in [5.74, 6) is 0.132. The Bertz CT molecular complexity index is 1150. The van der Waals surface area contributed by atoms with E-state index in [2.05, 4.69) is 4.98 Å². The Kier molecular flexibility index (Phi) is 4.26. The normalized spacial score (nSPS) is 12.2. The van der Waals surface area contributed by atoms with Crippen LogP contribution in [-0.2, 0) is 19.9 Å². The van der Waals surface area contributed by atoms with Crippen LogP contribution in [0.3, 0.4) is 0 Å². The molecule has 0 aliphatic rings. The molecule has 0 unspecified atom stereocenters. The molecule has 0 aliphatic heterocycles. The molecule has 1 aromatic carbocycles. The fourth-order valence-electron chi connectivity index (χ4n) is 2.01. The highest BCUT2D eigenvalue weighted by molar-refractivity contribution is 7.93. The van der Waals surface area contributed by atoms with E-state index < -0.39 is 36.0 Å². The molecule has 1 amide bonds. The van der Waals surface area contributed by atoms with Crippen molar-refractivity contribution in [1.82, 2.24) is 14.1 Å². The molecular formula is C13H11N3O6S3. The second kappa shape index (κ2) is 6.13. The number of sulfone groups is 1. The predicted octanol–water partition coefficient (Wildman–Crippen LogP) is 1.28. The van der Waals surface area contributed by atoms with Crippen molar-refractivity contribution in [2.45, 2.75) is 10.1 Å². The van der Waals surface area contributed by atoms with Crippen molar-refractivity contribution < 1.29 is 26.4 Å². The lowest BCUT2D eigenvalue weighted by atomic mass is 10.3. The van der Waals surface area contributed by atoms with Crippen LogP contribution in [0.15, 0.2) is 52.0 Å². The zero-order valence-corrected chi connectivity index (χ0v) is 15.1. The van der Waals surface area contributed by atoms with Crippen LogP contribution in [-0.4, -0.2) is 38.6 Å². The van der Waals surface area contributed by atoms with E-state index in [1.165, 1.54) is 23.7 Å². The van der Waals surface area contributed by atoms with E-state index in [0.29, 0.717) is 0 Å². The maximum absolute atomic E-state index is 12.5. The first-order chi connectivity index (χ1) is 11.7. The van der Waals surface area contributed by atoms with Gasteiger partial charge in [-0.2, -0.15) is 8.42 Å². The van der Waals surface area contributed by atoms with Gasteiger partial charge in [-0.25, -0.2) is 22.9 Å². The summed E-state index contributed by atoms with van der Waals surface area (Å²) in [4.78, 5) is 15.9. The molecule has 0 atom stereocenters. The second-order valence-electron chi connectivity index (χ2n) is 4.86. The molecule has 1 N–H and O–H groups in total. The summed E-state index contributed by atoms with van der Waals surface area (Å²) in [6.45, 7) is 0. The summed E-state index contributed by atoms with van der Waals surface area (Å²) in [5.41, 5.74) is 0. The number of hydrogen-bond donors (Lipinski definition) is 1. The highest BCUT2D eigenvalue weighted by atomic mass is 32.2. The number of carbonyl (C=O) groups is 1. The number of amides is 1. The molecule has 0 radical (unpaired) electrons. The minimum Gasteiger partial charge on any atom is -0.410 e. The van der Waals surface area contributed by atoms with Gasteiger partial charge in [0.1, 0.15) is 5.75 Å². The fourth-order valence-corrected chi connectivity index (χ4v) is 5.33. The summed E-state index contributed by atoms with van der Waals surface area (Å²) in [7, 11) is -8.48. The Hall–Kier alpha value is -2.44. The zero-order valence-electron chi connectivity index (χ0n) is 12.6. The lowest BCUT2D eigenvalue weighted by Gasteiger charge is -2.08. The van der Waals surface area contributed by atoms with Gasteiger partial charge >= 0.3 is 6.09 Å². The maximum Gasteiger partial charge on any atom is 0.426 e. The van der Waals surface area contributed by atoms with Crippen LogP contribution in [0.5, 0.6) is 5.75 Å². The Morgan fingerprint density at radius 1 is 1.20 bits per heavy atom. The fraction of sp³-hybridized carbons (Fsp3) is 0.0769. The van der Waals surface area contributed by atoms with Gasteiger partial charge < -0.3 is 4.74 Å². The van der Waals surface area contributed by atoms with Crippen molar-refractivity contribution in [3.8, 4) is 5.75 Å². The quantitative estimate of drug-likeness (QED) is 0.698. The second-order valence-corrected chi connectivity index (χ2v) is 9.26. The van der Waals surface area contributed by atoms with E-state index in [-0.39, 0.29) is 10.7 Å². The number of sulfonamides is 1. The monoisotopic (exact) mass is 401 g/mol. The Morgan fingerprint density at radius 3 is 2.52 bits per heavy atom. The molecule has 0 spiro atoms. The van der Waals surface area contributed by atoms with E-state index in [1.807, 2.05) is 0 Å². The number of rotatable bonds is 4. The highest BCUT2D eigenvalue weighted by Gasteiger charge is 2.32. The SMILES string of the molecule is CS(=O)(=O)c1nc2sccn2c1S(=O)(=O)NC(=O)Oc1ccccc1. The maximum atomic E-state index is 12.5. The highest BCUT2D eigenvalue weighted by Crippen LogP contribution is 2.25. The van der Waals surface area contributed by atoms with E-state index in [1.54, 1.807) is 22.9 Å². The van der Waals surface area contributed by atoms with Crippen molar-refractivity contribution in [3.63, 3.8) is 0 Å². The average Bonchev–Trinajstić information content (AvgIpc) is 3.06. The number of para-hydroxylation sites is 1. The molecule has 2 heterocycles. The molecule has 0 fully saturated rings. The Morgan fingerprint density at radius 2 is 1.88 bits per heavy atom. The molecule has 0 bridgehead atoms. The Labute approximate surface area is 146 Å². The van der Waals surface area contributed by atoms with Crippen LogP contribution in [0.1, 0.15) is 0 Å². The van der Waals surface area contributed by atoms with Gasteiger partial charge in [0.15, 0.2) is 24.9 Å². The lowest BCUT2D eigenvalue weighted by Crippen LogP contribution is -2.34. The van der Waals surface area contributed by atoms with Crippen molar-refractivity contribution in [3.05, 3.63) is 41.9 Å². The summed E-state index contributed by atoms with van der Waals surface area (Å²) in [6, 6.07) is 7.82. The van der Waals surface area contributed by atoms with Gasteiger partial charge in [0.25, 0.3) is 10.0 Å². The van der Waals surface area contributed by atoms with Gasteiger partial charge in [-0.05, 0) is 12.1 Å². The molecule has 132 valence electrons. The molecule has 0 saturated carbocycles. The largest absolute Gasteiger partial charge is 0.426 e. The number of ether oxygens (including phenoxy) is 1. The van der Waals surface area contributed by atoms with Crippen LogP contribution in [0.4, 0.5) is 4.79 Å². The number of fused-ring (bicyclic) bond motifs is 1. The number of benzene rings is 1. The van der Waals surface area contributed by atoms with Crippen LogP contribution >= 0.6 is 11.3 Å². The van der Waals surface area contributed by atoms with Crippen molar-refractivity contribution >= 4 is 42.3 Å². The van der Waals surface area contributed by atoms with Crippen LogP contribution < -0.4 is 9.46 Å². The molecule has 3 aromatic rings. The summed E-state index contributed by atoms with van der Waals surface area (Å²) < 4.78 is 56.4. The number of aromatic nitrogens is 2. The number of carbonyl (C=O) groups excluding carboxylic acids is 1. The molecule has 9 nitrogen and oxygen atoms in total. The average molecular weight is 401 g/mol. The third kappa shape index (κ3) is 3.50. The van der Waals surface area contributed by atoms with Gasteiger partial charge in [-0.3, -0.25) is 4.40 Å². The Balaban J connectivity index is 1.99. The van der Waals surface area contributed by atoms with E-state index in [9.17, 15) is 21.6 Å². The first kappa shape index (κ1) is 17.4. The molecule has 2 aromatic heterocycles. The van der Waals surface area contributed by atoms with Crippen molar-refractivity contribution in [2.75, 3.05) is 6.26 Å². The third-order valence-electron chi connectivity index (χ3n) is 2.97. The number of nitrogens with zero attached hydrogens (tertiary/aromatic N) is 2. The van der Waals surface area contributed by atoms with Gasteiger partial charge in [-0.15, -0.1) is 11.3 Å². The third-order valence-corrected chi connectivity index (χ3v) is 6.17. The van der Waals surface area contributed by atoms with E-state index in [0.717, 1.165) is 22.0 Å². The number of imidazole rings is 1. The molecule has 0 aliphatic carbocycles. The first-order valence-electron chi connectivity index (χ1n) is 6.64. The van der Waals surface area contributed by atoms with Gasteiger partial charge in [-0.1, -0.05) is 18.2 Å². The zero-order chi connectivity index (χ0) is 18.2. The van der Waals surface area contributed by atoms with Crippen LogP contribution in [0.25, 0.3) is 4.96 Å². The van der Waals surface area contributed by atoms with Crippen LogP contribution in [0, 0.1) is 0 Å². The predicted molar refractivity (Wildman–Crippen MR) is 89.0 cm³/mol. The summed E-state index contributed by atoms with van der Waals surface area (Å²) >= 11 is 1.06. The van der Waals surface area contributed by atoms with Crippen molar-refractivity contribution in [1.29, 1.82) is 0 Å². The van der Waals surface area contributed by atoms with Gasteiger partial charge in [0.05, 0.1) is 0 Å². The molecule has 12 heteroatoms. The topological polar surface area (TPSA) is 124 Å². The number of hydrogen-bond acceptors (Lipinski definition) is 8. The van der Waals surface area contributed by atoms with Gasteiger partial charge in [0.2, 0.25) is 0 Å². The molecule has 3 rings (SSSR count). The van der Waals surface area contributed by atoms with E-state index >= 15 is 0 Å². The number of nitrogens with one attached hydrogen (secondary N) is 1. The molecular weight excluding hydrogens is 390 g/mol.